The Morgan fingerprint density at radius 2 is 1.94 bits per heavy atom. The van der Waals surface area contributed by atoms with Crippen molar-refractivity contribution in [2.24, 2.45) is 0 Å². The van der Waals surface area contributed by atoms with Gasteiger partial charge < -0.3 is 10.4 Å². The third kappa shape index (κ3) is 2.40. The molecule has 0 fully saturated rings. The molecule has 0 aliphatic heterocycles. The molecule has 0 radical (unpaired) electrons. The molecule has 1 aromatic heterocycles. The zero-order valence-electron chi connectivity index (χ0n) is 10.3. The first kappa shape index (κ1) is 12.3. The second-order valence-corrected chi connectivity index (χ2v) is 4.09. The maximum Gasteiger partial charge on any atom is 0.326 e. The van der Waals surface area contributed by atoms with Crippen LogP contribution in [0.4, 0.5) is 5.82 Å². The van der Waals surface area contributed by atoms with Crippen LogP contribution in [-0.2, 0) is 4.79 Å². The van der Waals surface area contributed by atoms with Gasteiger partial charge >= 0.3 is 5.97 Å². The molecule has 0 saturated carbocycles. The van der Waals surface area contributed by atoms with Crippen LogP contribution in [0.3, 0.4) is 0 Å². The van der Waals surface area contributed by atoms with Gasteiger partial charge in [0.25, 0.3) is 0 Å². The molecule has 0 aliphatic rings. The van der Waals surface area contributed by atoms with E-state index in [-0.39, 0.29) is 0 Å². The number of benzene rings is 1. The Hall–Kier alpha value is -2.17. The third-order valence-electron chi connectivity index (χ3n) is 2.76. The zero-order chi connectivity index (χ0) is 13.1. The number of carboxylic acids is 1. The van der Waals surface area contributed by atoms with Gasteiger partial charge in [-0.2, -0.15) is 0 Å². The number of fused-ring (bicyclic) bond motifs is 1. The van der Waals surface area contributed by atoms with Gasteiger partial charge in [0.1, 0.15) is 11.9 Å². The molecule has 0 aliphatic carbocycles. The molecule has 1 unspecified atom stereocenters. The fourth-order valence-electron chi connectivity index (χ4n) is 1.73. The number of carbonyl (C=O) groups is 1. The average Bonchev–Trinajstić information content (AvgIpc) is 2.35. The number of nitrogens with zero attached hydrogens (tertiary/aromatic N) is 2. The van der Waals surface area contributed by atoms with Crippen LogP contribution < -0.4 is 5.32 Å². The predicted molar refractivity (Wildman–Crippen MR) is 69.6 cm³/mol. The van der Waals surface area contributed by atoms with Crippen LogP contribution in [0.25, 0.3) is 11.0 Å². The summed E-state index contributed by atoms with van der Waals surface area (Å²) in [5, 5.41) is 11.9. The van der Waals surface area contributed by atoms with Crippen LogP contribution in [0.5, 0.6) is 0 Å². The molecule has 1 heterocycles. The van der Waals surface area contributed by atoms with Crippen LogP contribution in [0, 0.1) is 6.92 Å². The number of hydrogen-bond acceptors (Lipinski definition) is 4. The van der Waals surface area contributed by atoms with Gasteiger partial charge in [-0.3, -0.25) is 0 Å². The highest BCUT2D eigenvalue weighted by Crippen LogP contribution is 2.17. The van der Waals surface area contributed by atoms with Gasteiger partial charge in [-0.15, -0.1) is 0 Å². The van der Waals surface area contributed by atoms with Gasteiger partial charge in [0.05, 0.1) is 16.7 Å². The number of para-hydroxylation sites is 2. The molecular formula is C13H15N3O2. The minimum Gasteiger partial charge on any atom is -0.480 e. The maximum absolute atomic E-state index is 11.0. The minimum absolute atomic E-state index is 0.489. The number of aliphatic carboxylic acids is 1. The molecule has 94 valence electrons. The Labute approximate surface area is 105 Å². The van der Waals surface area contributed by atoms with Crippen molar-refractivity contribution in [3.05, 3.63) is 30.0 Å². The van der Waals surface area contributed by atoms with Gasteiger partial charge in [-0.1, -0.05) is 19.1 Å². The molecule has 0 bridgehead atoms. The number of aromatic nitrogens is 2. The van der Waals surface area contributed by atoms with Gasteiger partial charge in [0, 0.05) is 0 Å². The molecule has 0 amide bonds. The Kier molecular flexibility index (Phi) is 3.41. The first-order valence-electron chi connectivity index (χ1n) is 5.84. The Morgan fingerprint density at radius 1 is 1.33 bits per heavy atom. The van der Waals surface area contributed by atoms with Crippen LogP contribution in [0.15, 0.2) is 24.3 Å². The molecule has 18 heavy (non-hydrogen) atoms. The van der Waals surface area contributed by atoms with E-state index in [4.69, 9.17) is 5.11 Å². The van der Waals surface area contributed by atoms with Crippen molar-refractivity contribution in [3.8, 4) is 0 Å². The summed E-state index contributed by atoms with van der Waals surface area (Å²) >= 11 is 0. The number of hydrogen-bond donors (Lipinski definition) is 2. The highest BCUT2D eigenvalue weighted by atomic mass is 16.4. The molecule has 2 N–H and O–H groups in total. The molecule has 2 rings (SSSR count). The van der Waals surface area contributed by atoms with E-state index in [0.29, 0.717) is 17.9 Å². The molecular weight excluding hydrogens is 230 g/mol. The summed E-state index contributed by atoms with van der Waals surface area (Å²) in [6.07, 6.45) is 0.489. The number of nitrogens with one attached hydrogen (secondary N) is 1. The summed E-state index contributed by atoms with van der Waals surface area (Å²) < 4.78 is 0. The lowest BCUT2D eigenvalue weighted by Crippen LogP contribution is -2.29. The number of aryl methyl sites for hydroxylation is 1. The SMILES string of the molecule is CCC(Nc1nc2ccccc2nc1C)C(=O)O. The zero-order valence-corrected chi connectivity index (χ0v) is 10.3. The molecule has 0 spiro atoms. The minimum atomic E-state index is -0.883. The summed E-state index contributed by atoms with van der Waals surface area (Å²) in [5.41, 5.74) is 2.27. The Bertz CT molecular complexity index is 583. The van der Waals surface area contributed by atoms with E-state index in [9.17, 15) is 4.79 Å². The van der Waals surface area contributed by atoms with E-state index in [0.717, 1.165) is 11.0 Å². The van der Waals surface area contributed by atoms with E-state index < -0.39 is 12.0 Å². The summed E-state index contributed by atoms with van der Waals surface area (Å²) in [7, 11) is 0. The Balaban J connectivity index is 2.38. The molecule has 5 heteroatoms. The van der Waals surface area contributed by atoms with Gasteiger partial charge in [-0.05, 0) is 25.5 Å². The summed E-state index contributed by atoms with van der Waals surface area (Å²) in [5.74, 6) is -0.352. The van der Waals surface area contributed by atoms with Crippen LogP contribution in [0.1, 0.15) is 19.0 Å². The van der Waals surface area contributed by atoms with Crippen LogP contribution in [0.2, 0.25) is 0 Å². The normalized spacial score (nSPS) is 12.3. The largest absolute Gasteiger partial charge is 0.480 e. The molecule has 1 aromatic carbocycles. The summed E-state index contributed by atoms with van der Waals surface area (Å²) in [4.78, 5) is 19.8. The molecule has 0 saturated heterocycles. The monoisotopic (exact) mass is 245 g/mol. The van der Waals surface area contributed by atoms with Crippen LogP contribution in [-0.4, -0.2) is 27.1 Å². The van der Waals surface area contributed by atoms with Crippen molar-refractivity contribution in [1.29, 1.82) is 0 Å². The van der Waals surface area contributed by atoms with Crippen molar-refractivity contribution >= 4 is 22.8 Å². The fourth-order valence-corrected chi connectivity index (χ4v) is 1.73. The standard InChI is InChI=1S/C13H15N3O2/c1-3-9(13(17)18)15-12-8(2)14-10-6-4-5-7-11(10)16-12/h4-7,9H,3H2,1-2H3,(H,15,16)(H,17,18). The Morgan fingerprint density at radius 3 is 2.50 bits per heavy atom. The first-order chi connectivity index (χ1) is 8.61. The summed E-state index contributed by atoms with van der Waals surface area (Å²) in [6.45, 7) is 3.63. The van der Waals surface area contributed by atoms with E-state index in [1.165, 1.54) is 0 Å². The average molecular weight is 245 g/mol. The van der Waals surface area contributed by atoms with Gasteiger partial charge in [0.15, 0.2) is 0 Å². The molecule has 1 atom stereocenters. The van der Waals surface area contributed by atoms with Gasteiger partial charge in [0.2, 0.25) is 0 Å². The highest BCUT2D eigenvalue weighted by molar-refractivity contribution is 5.79. The molecule has 2 aromatic rings. The first-order valence-corrected chi connectivity index (χ1v) is 5.84. The predicted octanol–water partition coefficient (Wildman–Crippen LogP) is 2.21. The number of anilines is 1. The topological polar surface area (TPSA) is 75.1 Å². The van der Waals surface area contributed by atoms with E-state index in [1.54, 1.807) is 0 Å². The smallest absolute Gasteiger partial charge is 0.326 e. The maximum atomic E-state index is 11.0. The third-order valence-corrected chi connectivity index (χ3v) is 2.76. The van der Waals surface area contributed by atoms with Crippen LogP contribution >= 0.6 is 0 Å². The summed E-state index contributed by atoms with van der Waals surface area (Å²) in [6, 6.07) is 6.88. The van der Waals surface area contributed by atoms with E-state index in [2.05, 4.69) is 15.3 Å². The number of rotatable bonds is 4. The highest BCUT2D eigenvalue weighted by Gasteiger charge is 2.16. The lowest BCUT2D eigenvalue weighted by Gasteiger charge is -2.14. The van der Waals surface area contributed by atoms with Gasteiger partial charge in [-0.25, -0.2) is 14.8 Å². The second kappa shape index (κ2) is 5.00. The van der Waals surface area contributed by atoms with Crippen molar-refractivity contribution in [2.75, 3.05) is 5.32 Å². The van der Waals surface area contributed by atoms with Crippen molar-refractivity contribution in [2.45, 2.75) is 26.3 Å². The van der Waals surface area contributed by atoms with E-state index in [1.807, 2.05) is 38.1 Å². The lowest BCUT2D eigenvalue weighted by atomic mass is 10.2. The fraction of sp³-hybridized carbons (Fsp3) is 0.308. The number of carboxylic acid groups (broad SMARTS) is 1. The quantitative estimate of drug-likeness (QED) is 0.863. The van der Waals surface area contributed by atoms with Crippen molar-refractivity contribution in [1.82, 2.24) is 9.97 Å². The van der Waals surface area contributed by atoms with Crippen molar-refractivity contribution < 1.29 is 9.90 Å². The van der Waals surface area contributed by atoms with Crippen molar-refractivity contribution in [3.63, 3.8) is 0 Å². The lowest BCUT2D eigenvalue weighted by molar-refractivity contribution is -0.137. The molecule has 5 nitrogen and oxygen atoms in total. The second-order valence-electron chi connectivity index (χ2n) is 4.09. The van der Waals surface area contributed by atoms with E-state index >= 15 is 0 Å².